The highest BCUT2D eigenvalue weighted by Crippen LogP contribution is 2.41. The lowest BCUT2D eigenvalue weighted by Crippen LogP contribution is -2.23. The molecular weight excluding hydrogens is 390 g/mol. The smallest absolute Gasteiger partial charge is 0.0853 e. The Kier molecular flexibility index (Phi) is 5.40. The van der Waals surface area contributed by atoms with E-state index in [1.165, 1.54) is 40.8 Å². The molecule has 2 heteroatoms. The van der Waals surface area contributed by atoms with Crippen molar-refractivity contribution in [2.75, 3.05) is 0 Å². The standard InChI is InChI=1S/C20H20.C10H9NO/c1-20(2)13-5-8-18-17-10-9-14-6-3-4-7-15(14)16(17)11-12-19(18)20;12-7-9-6-5-8-3-1-2-4-10(8)11-9/h3-4,6-7,9-12H,5,8,13H2,1-2H3;1-6,12H,7H2. The van der Waals surface area contributed by atoms with Crippen LogP contribution in [0.4, 0.5) is 0 Å². The maximum atomic E-state index is 8.83. The minimum atomic E-state index is 0.00480. The van der Waals surface area contributed by atoms with E-state index < -0.39 is 0 Å². The molecule has 160 valence electrons. The Morgan fingerprint density at radius 1 is 0.750 bits per heavy atom. The zero-order chi connectivity index (χ0) is 22.1. The van der Waals surface area contributed by atoms with Gasteiger partial charge in [0.15, 0.2) is 0 Å². The largest absolute Gasteiger partial charge is 0.390 e. The van der Waals surface area contributed by atoms with Crippen molar-refractivity contribution in [2.45, 2.75) is 45.1 Å². The molecule has 1 heterocycles. The van der Waals surface area contributed by atoms with Gasteiger partial charge in [-0.15, -0.1) is 0 Å². The molecule has 5 aromatic rings. The van der Waals surface area contributed by atoms with Gasteiger partial charge in [0, 0.05) is 5.39 Å². The van der Waals surface area contributed by atoms with Gasteiger partial charge in [0.1, 0.15) is 0 Å². The zero-order valence-corrected chi connectivity index (χ0v) is 18.8. The van der Waals surface area contributed by atoms with Gasteiger partial charge in [-0.25, -0.2) is 0 Å². The van der Waals surface area contributed by atoms with Crippen LogP contribution in [0.5, 0.6) is 0 Å². The maximum Gasteiger partial charge on any atom is 0.0853 e. The highest BCUT2D eigenvalue weighted by molar-refractivity contribution is 6.08. The number of fused-ring (bicyclic) bond motifs is 6. The molecule has 32 heavy (non-hydrogen) atoms. The Labute approximate surface area is 189 Å². The number of rotatable bonds is 1. The van der Waals surface area contributed by atoms with Gasteiger partial charge in [-0.3, -0.25) is 4.98 Å². The van der Waals surface area contributed by atoms with Crippen LogP contribution >= 0.6 is 0 Å². The summed E-state index contributed by atoms with van der Waals surface area (Å²) in [6.45, 7) is 4.78. The van der Waals surface area contributed by atoms with Crippen molar-refractivity contribution < 1.29 is 5.11 Å². The molecule has 0 atom stereocenters. The Hall–Kier alpha value is -3.23. The molecule has 0 unspecified atom stereocenters. The van der Waals surface area contributed by atoms with E-state index in [1.54, 1.807) is 11.1 Å². The van der Waals surface area contributed by atoms with E-state index in [-0.39, 0.29) is 6.61 Å². The molecule has 1 N–H and O–H groups in total. The number of para-hydroxylation sites is 1. The quantitative estimate of drug-likeness (QED) is 0.288. The fraction of sp³-hybridized carbons (Fsp3) is 0.233. The minimum Gasteiger partial charge on any atom is -0.390 e. The summed E-state index contributed by atoms with van der Waals surface area (Å²) in [6, 6.07) is 29.7. The molecule has 0 amide bonds. The van der Waals surface area contributed by atoms with Gasteiger partial charge >= 0.3 is 0 Å². The highest BCUT2D eigenvalue weighted by Gasteiger charge is 2.28. The average Bonchev–Trinajstić information content (AvgIpc) is 2.83. The first-order valence-corrected chi connectivity index (χ1v) is 11.5. The van der Waals surface area contributed by atoms with Gasteiger partial charge in [-0.1, -0.05) is 86.6 Å². The minimum absolute atomic E-state index is 0.00480. The maximum absolute atomic E-state index is 8.83. The van der Waals surface area contributed by atoms with Crippen molar-refractivity contribution >= 4 is 32.4 Å². The van der Waals surface area contributed by atoms with Crippen LogP contribution in [-0.2, 0) is 18.4 Å². The summed E-state index contributed by atoms with van der Waals surface area (Å²) in [5.41, 5.74) is 5.13. The number of hydrogen-bond acceptors (Lipinski definition) is 2. The van der Waals surface area contributed by atoms with Gasteiger partial charge in [0.2, 0.25) is 0 Å². The van der Waals surface area contributed by atoms with E-state index in [9.17, 15) is 0 Å². The molecule has 4 aromatic carbocycles. The van der Waals surface area contributed by atoms with Crippen molar-refractivity contribution in [3.8, 4) is 0 Å². The topological polar surface area (TPSA) is 33.1 Å². The van der Waals surface area contributed by atoms with Crippen molar-refractivity contribution in [3.05, 3.63) is 102 Å². The summed E-state index contributed by atoms with van der Waals surface area (Å²) in [5.74, 6) is 0. The average molecular weight is 420 g/mol. The molecule has 0 aliphatic heterocycles. The Morgan fingerprint density at radius 2 is 1.47 bits per heavy atom. The van der Waals surface area contributed by atoms with Crippen LogP contribution in [-0.4, -0.2) is 10.1 Å². The third-order valence-electron chi connectivity index (χ3n) is 6.81. The number of nitrogens with zero attached hydrogens (tertiary/aromatic N) is 1. The molecular formula is C30H29NO. The highest BCUT2D eigenvalue weighted by atomic mass is 16.3. The van der Waals surface area contributed by atoms with Gasteiger partial charge in [0.05, 0.1) is 17.8 Å². The van der Waals surface area contributed by atoms with E-state index in [1.807, 2.05) is 36.4 Å². The normalized spacial score (nSPS) is 14.7. The fourth-order valence-corrected chi connectivity index (χ4v) is 5.09. The summed E-state index contributed by atoms with van der Waals surface area (Å²) in [6.07, 6.45) is 3.85. The molecule has 1 aromatic heterocycles. The Bertz CT molecular complexity index is 1420. The molecule has 0 saturated heterocycles. The third kappa shape index (κ3) is 3.76. The first-order chi connectivity index (χ1) is 15.6. The molecule has 2 nitrogen and oxygen atoms in total. The number of aliphatic hydroxyl groups excluding tert-OH is 1. The van der Waals surface area contributed by atoms with Crippen molar-refractivity contribution in [1.82, 2.24) is 4.98 Å². The lowest BCUT2D eigenvalue weighted by molar-refractivity contribution is 0.277. The number of aryl methyl sites for hydroxylation is 1. The van der Waals surface area contributed by atoms with E-state index in [4.69, 9.17) is 5.11 Å². The van der Waals surface area contributed by atoms with Crippen LogP contribution in [0.1, 0.15) is 43.5 Å². The van der Waals surface area contributed by atoms with Crippen molar-refractivity contribution in [3.63, 3.8) is 0 Å². The van der Waals surface area contributed by atoms with Crippen LogP contribution in [0.25, 0.3) is 32.4 Å². The zero-order valence-electron chi connectivity index (χ0n) is 18.8. The number of aliphatic hydroxyl groups is 1. The first kappa shape index (κ1) is 20.7. The molecule has 0 bridgehead atoms. The molecule has 0 radical (unpaired) electrons. The molecule has 1 aliphatic carbocycles. The molecule has 0 fully saturated rings. The van der Waals surface area contributed by atoms with Crippen LogP contribution in [0.3, 0.4) is 0 Å². The number of aromatic nitrogens is 1. The fourth-order valence-electron chi connectivity index (χ4n) is 5.09. The van der Waals surface area contributed by atoms with E-state index in [0.29, 0.717) is 11.1 Å². The SMILES string of the molecule is CC1(C)CCCc2c1ccc1c2ccc2ccccc21.OCc1ccc2ccccc2n1. The molecule has 6 rings (SSSR count). The van der Waals surface area contributed by atoms with Gasteiger partial charge < -0.3 is 5.11 Å². The van der Waals surface area contributed by atoms with E-state index in [0.717, 1.165) is 10.9 Å². The summed E-state index contributed by atoms with van der Waals surface area (Å²) in [7, 11) is 0. The summed E-state index contributed by atoms with van der Waals surface area (Å²) >= 11 is 0. The number of benzene rings is 4. The van der Waals surface area contributed by atoms with Crippen molar-refractivity contribution in [1.29, 1.82) is 0 Å². The molecule has 0 saturated carbocycles. The number of hydrogen-bond donors (Lipinski definition) is 1. The second-order valence-corrected chi connectivity index (χ2v) is 9.36. The van der Waals surface area contributed by atoms with Crippen molar-refractivity contribution in [2.24, 2.45) is 0 Å². The second-order valence-electron chi connectivity index (χ2n) is 9.36. The molecule has 0 spiro atoms. The summed E-state index contributed by atoms with van der Waals surface area (Å²) < 4.78 is 0. The lowest BCUT2D eigenvalue weighted by atomic mass is 9.71. The third-order valence-corrected chi connectivity index (χ3v) is 6.81. The lowest BCUT2D eigenvalue weighted by Gasteiger charge is -2.33. The Morgan fingerprint density at radius 3 is 2.31 bits per heavy atom. The van der Waals surface area contributed by atoms with Gasteiger partial charge in [-0.2, -0.15) is 0 Å². The van der Waals surface area contributed by atoms with Crippen LogP contribution in [0, 0.1) is 0 Å². The summed E-state index contributed by atoms with van der Waals surface area (Å²) in [5, 5.41) is 15.6. The predicted octanol–water partition coefficient (Wildman–Crippen LogP) is 7.33. The van der Waals surface area contributed by atoms with Gasteiger partial charge in [-0.05, 0) is 69.5 Å². The second kappa shape index (κ2) is 8.37. The first-order valence-electron chi connectivity index (χ1n) is 11.5. The van der Waals surface area contributed by atoms with E-state index >= 15 is 0 Å². The van der Waals surface area contributed by atoms with Crippen LogP contribution in [0.15, 0.2) is 84.9 Å². The van der Waals surface area contributed by atoms with Gasteiger partial charge in [0.25, 0.3) is 0 Å². The predicted molar refractivity (Wildman–Crippen MR) is 135 cm³/mol. The van der Waals surface area contributed by atoms with Crippen LogP contribution < -0.4 is 0 Å². The Balaban J connectivity index is 0.000000154. The van der Waals surface area contributed by atoms with E-state index in [2.05, 4.69) is 67.4 Å². The molecule has 1 aliphatic rings. The monoisotopic (exact) mass is 419 g/mol. The summed E-state index contributed by atoms with van der Waals surface area (Å²) in [4.78, 5) is 4.24. The number of pyridine rings is 1. The van der Waals surface area contributed by atoms with Crippen LogP contribution in [0.2, 0.25) is 0 Å².